The second-order valence-electron chi connectivity index (χ2n) is 2.95. The number of halogens is 1. The van der Waals surface area contributed by atoms with E-state index < -0.39 is 0 Å². The van der Waals surface area contributed by atoms with Crippen LogP contribution in [-0.2, 0) is 16.1 Å². The van der Waals surface area contributed by atoms with Gasteiger partial charge in [0.1, 0.15) is 0 Å². The van der Waals surface area contributed by atoms with Crippen LogP contribution < -0.4 is 5.32 Å². The zero-order valence-corrected chi connectivity index (χ0v) is 11.0. The third kappa shape index (κ3) is 5.30. The first-order chi connectivity index (χ1) is 7.22. The number of hydrogen-bond donors (Lipinski definition) is 1. The van der Waals surface area contributed by atoms with E-state index in [1.165, 1.54) is 0 Å². The lowest BCUT2D eigenvalue weighted by Crippen LogP contribution is -2.23. The zero-order valence-electron chi connectivity index (χ0n) is 8.59. The standard InChI is InChI=1S/C10H14BrNO2S/c1-2-14-4-3-10(13)12-6-9-5-8(11)7-15-9/h5,7H,2-4,6H2,1H3,(H,12,13). The van der Waals surface area contributed by atoms with Crippen molar-refractivity contribution in [3.8, 4) is 0 Å². The predicted octanol–water partition coefficient (Wildman–Crippen LogP) is 2.55. The smallest absolute Gasteiger partial charge is 0.222 e. The quantitative estimate of drug-likeness (QED) is 0.818. The molecule has 84 valence electrons. The van der Waals surface area contributed by atoms with Crippen LogP contribution in [0.5, 0.6) is 0 Å². The van der Waals surface area contributed by atoms with Crippen molar-refractivity contribution in [3.63, 3.8) is 0 Å². The van der Waals surface area contributed by atoms with Gasteiger partial charge in [0, 0.05) is 27.8 Å². The molecule has 0 aliphatic carbocycles. The molecule has 1 N–H and O–H groups in total. The first-order valence-electron chi connectivity index (χ1n) is 4.79. The summed E-state index contributed by atoms with van der Waals surface area (Å²) in [5.41, 5.74) is 0. The van der Waals surface area contributed by atoms with Gasteiger partial charge in [-0.1, -0.05) is 0 Å². The van der Waals surface area contributed by atoms with Gasteiger partial charge in [-0.15, -0.1) is 11.3 Å². The molecule has 3 nitrogen and oxygen atoms in total. The summed E-state index contributed by atoms with van der Waals surface area (Å²) < 4.78 is 6.16. The van der Waals surface area contributed by atoms with E-state index in [2.05, 4.69) is 21.2 Å². The van der Waals surface area contributed by atoms with E-state index in [1.54, 1.807) is 11.3 Å². The first-order valence-corrected chi connectivity index (χ1v) is 6.47. The van der Waals surface area contributed by atoms with Gasteiger partial charge in [0.05, 0.1) is 13.2 Å². The number of carbonyl (C=O) groups is 1. The minimum absolute atomic E-state index is 0.0352. The second-order valence-corrected chi connectivity index (χ2v) is 4.87. The predicted molar refractivity (Wildman–Crippen MR) is 65.0 cm³/mol. The van der Waals surface area contributed by atoms with Crippen molar-refractivity contribution in [3.05, 3.63) is 20.8 Å². The monoisotopic (exact) mass is 291 g/mol. The van der Waals surface area contributed by atoms with Crippen molar-refractivity contribution >= 4 is 33.2 Å². The molecule has 1 aromatic heterocycles. The number of amides is 1. The van der Waals surface area contributed by atoms with Crippen LogP contribution >= 0.6 is 27.3 Å². The van der Waals surface area contributed by atoms with Crippen LogP contribution in [0.3, 0.4) is 0 Å². The highest BCUT2D eigenvalue weighted by atomic mass is 79.9. The van der Waals surface area contributed by atoms with Crippen LogP contribution in [0.1, 0.15) is 18.2 Å². The molecule has 1 heterocycles. The van der Waals surface area contributed by atoms with E-state index in [4.69, 9.17) is 4.74 Å². The number of thiophene rings is 1. The van der Waals surface area contributed by atoms with E-state index in [0.717, 1.165) is 9.35 Å². The molecule has 1 amide bonds. The molecule has 15 heavy (non-hydrogen) atoms. The average molecular weight is 292 g/mol. The van der Waals surface area contributed by atoms with Gasteiger partial charge in [0.25, 0.3) is 0 Å². The van der Waals surface area contributed by atoms with E-state index in [1.807, 2.05) is 18.4 Å². The van der Waals surface area contributed by atoms with Gasteiger partial charge in [-0.05, 0) is 28.9 Å². The molecule has 0 fully saturated rings. The summed E-state index contributed by atoms with van der Waals surface area (Å²) in [5, 5.41) is 4.84. The normalized spacial score (nSPS) is 10.3. The van der Waals surface area contributed by atoms with Crippen molar-refractivity contribution in [1.82, 2.24) is 5.32 Å². The van der Waals surface area contributed by atoms with Crippen LogP contribution in [0.4, 0.5) is 0 Å². The summed E-state index contributed by atoms with van der Waals surface area (Å²) in [7, 11) is 0. The minimum Gasteiger partial charge on any atom is -0.381 e. The van der Waals surface area contributed by atoms with Crippen LogP contribution in [0.2, 0.25) is 0 Å². The van der Waals surface area contributed by atoms with E-state index in [9.17, 15) is 4.79 Å². The van der Waals surface area contributed by atoms with Crippen LogP contribution in [-0.4, -0.2) is 19.1 Å². The van der Waals surface area contributed by atoms with E-state index in [0.29, 0.717) is 26.2 Å². The van der Waals surface area contributed by atoms with Crippen molar-refractivity contribution in [1.29, 1.82) is 0 Å². The van der Waals surface area contributed by atoms with Crippen molar-refractivity contribution in [2.24, 2.45) is 0 Å². The van der Waals surface area contributed by atoms with Gasteiger partial charge in [0.15, 0.2) is 0 Å². The van der Waals surface area contributed by atoms with Gasteiger partial charge < -0.3 is 10.1 Å². The second kappa shape index (κ2) is 6.98. The molecule has 0 aliphatic heterocycles. The van der Waals surface area contributed by atoms with Crippen LogP contribution in [0.25, 0.3) is 0 Å². The number of carbonyl (C=O) groups excluding carboxylic acids is 1. The Balaban J connectivity index is 2.16. The van der Waals surface area contributed by atoms with Crippen LogP contribution in [0, 0.1) is 0 Å². The maximum atomic E-state index is 11.3. The molecule has 0 bridgehead atoms. The fourth-order valence-electron chi connectivity index (χ4n) is 1.03. The third-order valence-electron chi connectivity index (χ3n) is 1.76. The Morgan fingerprint density at radius 2 is 2.47 bits per heavy atom. The summed E-state index contributed by atoms with van der Waals surface area (Å²) in [4.78, 5) is 12.4. The summed E-state index contributed by atoms with van der Waals surface area (Å²) in [6.07, 6.45) is 0.431. The Labute approximate surface area is 102 Å². The first kappa shape index (κ1) is 12.7. The number of nitrogens with one attached hydrogen (secondary N) is 1. The highest BCUT2D eigenvalue weighted by Gasteiger charge is 2.02. The maximum absolute atomic E-state index is 11.3. The largest absolute Gasteiger partial charge is 0.381 e. The summed E-state index contributed by atoms with van der Waals surface area (Å²) in [6.45, 7) is 3.67. The number of hydrogen-bond acceptors (Lipinski definition) is 3. The van der Waals surface area contributed by atoms with E-state index in [-0.39, 0.29) is 5.91 Å². The molecular formula is C10H14BrNO2S. The zero-order chi connectivity index (χ0) is 11.1. The minimum atomic E-state index is 0.0352. The molecule has 1 rings (SSSR count). The van der Waals surface area contributed by atoms with Crippen molar-refractivity contribution in [2.45, 2.75) is 19.9 Å². The van der Waals surface area contributed by atoms with Gasteiger partial charge >= 0.3 is 0 Å². The fourth-order valence-corrected chi connectivity index (χ4v) is 2.42. The molecular weight excluding hydrogens is 278 g/mol. The van der Waals surface area contributed by atoms with Gasteiger partial charge in [-0.25, -0.2) is 0 Å². The molecule has 0 atom stereocenters. The molecule has 0 aromatic carbocycles. The van der Waals surface area contributed by atoms with Gasteiger partial charge in [-0.3, -0.25) is 4.79 Å². The molecule has 0 unspecified atom stereocenters. The summed E-state index contributed by atoms with van der Waals surface area (Å²) >= 11 is 5.00. The molecule has 0 saturated carbocycles. The summed E-state index contributed by atoms with van der Waals surface area (Å²) in [5.74, 6) is 0.0352. The van der Waals surface area contributed by atoms with Crippen LogP contribution in [0.15, 0.2) is 15.9 Å². The Morgan fingerprint density at radius 3 is 3.07 bits per heavy atom. The number of ether oxygens (including phenoxy) is 1. The molecule has 5 heteroatoms. The van der Waals surface area contributed by atoms with Gasteiger partial charge in [-0.2, -0.15) is 0 Å². The number of rotatable bonds is 6. The Hall–Kier alpha value is -0.390. The molecule has 0 saturated heterocycles. The lowest BCUT2D eigenvalue weighted by molar-refractivity contribution is -0.122. The molecule has 1 aromatic rings. The maximum Gasteiger partial charge on any atom is 0.222 e. The van der Waals surface area contributed by atoms with Crippen molar-refractivity contribution < 1.29 is 9.53 Å². The molecule has 0 radical (unpaired) electrons. The highest BCUT2D eigenvalue weighted by molar-refractivity contribution is 9.10. The van der Waals surface area contributed by atoms with Crippen molar-refractivity contribution in [2.75, 3.05) is 13.2 Å². The molecule has 0 aliphatic rings. The van der Waals surface area contributed by atoms with E-state index >= 15 is 0 Å². The topological polar surface area (TPSA) is 38.3 Å². The lowest BCUT2D eigenvalue weighted by Gasteiger charge is -2.03. The molecule has 0 spiro atoms. The average Bonchev–Trinajstić information content (AvgIpc) is 2.62. The van der Waals surface area contributed by atoms with Gasteiger partial charge in [0.2, 0.25) is 5.91 Å². The Bertz CT molecular complexity index is 314. The Kier molecular flexibility index (Phi) is 5.90. The lowest BCUT2D eigenvalue weighted by atomic mass is 10.4. The third-order valence-corrected chi connectivity index (χ3v) is 3.46. The summed E-state index contributed by atoms with van der Waals surface area (Å²) in [6, 6.07) is 2.01. The highest BCUT2D eigenvalue weighted by Crippen LogP contribution is 2.19. The Morgan fingerprint density at radius 1 is 1.67 bits per heavy atom. The fraction of sp³-hybridized carbons (Fsp3) is 0.500. The SMILES string of the molecule is CCOCCC(=O)NCc1cc(Br)cs1.